The number of carboxylic acid groups (broad SMARTS) is 1. The van der Waals surface area contributed by atoms with E-state index in [1.54, 1.807) is 48.3 Å². The summed E-state index contributed by atoms with van der Waals surface area (Å²) in [5.74, 6) is -3.23. The molecule has 4 aliphatic rings. The van der Waals surface area contributed by atoms with E-state index in [4.69, 9.17) is 36.4 Å². The standard InChI is InChI=1S/C37H47N9O9S.C35H28ClN3O4.CO2/c1-37(13-11-23(12-14-37)31(49)39-2)55-17-16-46-28(48)18-26(34(46)52)56-20-25(35(53)54)43-27(47)4-3-15-40-32(50)22-8-5-21(6-9-22)7-10-24-19-41-30-29(42-24)33(51)45-36(38)44-30;1-19-7-8-21-12-24(13-22(21)11-19)34(41)37-26-9-10-29-23(14-26)15-30(38-29)35(42)39-18-25(17-36)33-28-6-4-3-5-27(28)32(16-31(33)39)43-20(2)40;2-1-3/h5-6,8-9,19,23,25-26H,3-4,7,10-18,20H2,1-2H3,(H,39,49)(H,40,50)(H,43,47)(H,53,54)(H3,38,41,44,45,51);3-11,13-16,25,38H,12,17-18H2,1-2H3,(H,37,41);/t23?,25-,26?,37?;;/m0../s1. The second-order valence-corrected chi connectivity index (χ2v) is 26.9. The molecule has 9 N–H and O–H groups in total. The van der Waals surface area contributed by atoms with Crippen molar-refractivity contribution in [1.82, 2.24) is 45.8 Å². The van der Waals surface area contributed by atoms with Crippen LogP contribution in [0.25, 0.3) is 38.9 Å². The average Bonchev–Trinajstić information content (AvgIpc) is 1.56. The second-order valence-electron chi connectivity index (χ2n) is 25.4. The number of amides is 7. The first-order valence-electron chi connectivity index (χ1n) is 33.0. The van der Waals surface area contributed by atoms with E-state index in [2.05, 4.69) is 64.4 Å². The number of halogens is 1. The van der Waals surface area contributed by atoms with E-state index in [0.717, 1.165) is 66.2 Å². The molecule has 5 heterocycles. The molecule has 12 rings (SSSR count). The second kappa shape index (κ2) is 33.0. The van der Waals surface area contributed by atoms with Crippen LogP contribution in [0.1, 0.15) is 119 Å². The number of hydrogen-bond donors (Lipinski definition) is 8. The number of carbonyl (C=O) groups excluding carboxylic acids is 10. The van der Waals surface area contributed by atoms with Gasteiger partial charge in [-0.1, -0.05) is 60.2 Å². The van der Waals surface area contributed by atoms with Crippen LogP contribution in [-0.2, 0) is 67.2 Å². The number of nitrogens with one attached hydrogen (secondary N) is 6. The number of H-pyrrole nitrogens is 2. The number of esters is 1. The zero-order valence-electron chi connectivity index (χ0n) is 56.3. The molecule has 3 atom stereocenters. The van der Waals surface area contributed by atoms with Gasteiger partial charge in [0.1, 0.15) is 17.5 Å². The van der Waals surface area contributed by atoms with Crippen molar-refractivity contribution in [1.29, 1.82) is 0 Å². The van der Waals surface area contributed by atoms with Crippen LogP contribution in [0.4, 0.5) is 17.3 Å². The number of aliphatic carboxylic acids is 1. The fourth-order valence-electron chi connectivity index (χ4n) is 12.9. The third-order valence-electron chi connectivity index (χ3n) is 18.2. The number of aromatic amines is 2. The minimum atomic E-state index is -1.28. The van der Waals surface area contributed by atoms with Gasteiger partial charge in [0, 0.05) is 109 Å². The van der Waals surface area contributed by atoms with E-state index in [1.807, 2.05) is 62.4 Å². The molecule has 1 saturated heterocycles. The Bertz CT molecular complexity index is 4720. The van der Waals surface area contributed by atoms with Gasteiger partial charge in [-0.05, 0) is 129 Å². The number of carbonyl (C=O) groups is 9. The number of nitrogen functional groups attached to an aromatic ring is 1. The molecule has 8 aromatic rings. The number of ether oxygens (including phenoxy) is 2. The number of thioether (sulfide) groups is 1. The number of anilines is 3. The number of benzene rings is 5. The van der Waals surface area contributed by atoms with Gasteiger partial charge in [-0.2, -0.15) is 14.6 Å². The number of rotatable bonds is 23. The number of alkyl halides is 1. The van der Waals surface area contributed by atoms with Crippen LogP contribution in [0.15, 0.2) is 114 Å². The summed E-state index contributed by atoms with van der Waals surface area (Å²) in [5, 5.41) is 22.4. The van der Waals surface area contributed by atoms with E-state index in [0.29, 0.717) is 97.0 Å². The van der Waals surface area contributed by atoms with Gasteiger partial charge < -0.3 is 51.5 Å². The maximum absolute atomic E-state index is 13.9. The van der Waals surface area contributed by atoms with Crippen LogP contribution < -0.4 is 42.2 Å². The zero-order valence-corrected chi connectivity index (χ0v) is 57.9. The van der Waals surface area contributed by atoms with Crippen LogP contribution in [0.2, 0.25) is 0 Å². The van der Waals surface area contributed by atoms with Crippen LogP contribution in [-0.4, -0.2) is 156 Å². The van der Waals surface area contributed by atoms with Crippen molar-refractivity contribution in [2.24, 2.45) is 5.92 Å². The predicted molar refractivity (Wildman–Crippen MR) is 381 cm³/mol. The Hall–Kier alpha value is -10.9. The Morgan fingerprint density at radius 2 is 1.66 bits per heavy atom. The number of fused-ring (bicyclic) bond motifs is 6. The summed E-state index contributed by atoms with van der Waals surface area (Å²) in [7, 11) is 1.62. The van der Waals surface area contributed by atoms with Gasteiger partial charge in [0.05, 0.1) is 41.6 Å². The molecule has 0 radical (unpaired) electrons. The minimum absolute atomic E-state index is 0.0188. The summed E-state index contributed by atoms with van der Waals surface area (Å²) in [6.45, 7) is 6.17. The first kappa shape index (κ1) is 73.8. The number of aryl methyl sites for hydroxylation is 3. The molecule has 0 spiro atoms. The molecule has 7 amide bonds. The average molecular weight is 1430 g/mol. The summed E-state index contributed by atoms with van der Waals surface area (Å²) in [5.41, 5.74) is 14.4. The highest BCUT2D eigenvalue weighted by atomic mass is 35.5. The SMILES string of the molecule is CC(=O)Oc1cc2c(c3ccccc13)C(CCl)CN2C(=O)c1cc2cc(NC(=O)C3=Cc4cc(C)ccc4C3)ccc2[nH]1.CNC(=O)C1CCC(C)(OCCN2C(=O)CC(SC[C@H](NC(=O)CCCNC(=O)c3ccc(CCc4cnc5nc(N)[nH]c(=O)c5n4)cc3)C(=O)O)C2=O)CC1.O=C=O. The van der Waals surface area contributed by atoms with Crippen LogP contribution in [0, 0.1) is 12.8 Å². The molecule has 29 heteroatoms. The molecule has 1 saturated carbocycles. The fourth-order valence-corrected chi connectivity index (χ4v) is 14.3. The highest BCUT2D eigenvalue weighted by molar-refractivity contribution is 8.00. The van der Waals surface area contributed by atoms with Gasteiger partial charge in [0.25, 0.3) is 23.3 Å². The molecule has 27 nitrogen and oxygen atoms in total. The number of aromatic nitrogens is 5. The summed E-state index contributed by atoms with van der Waals surface area (Å²) < 4.78 is 11.6. The molecular formula is C73H75ClN12O15S. The Morgan fingerprint density at radius 3 is 2.37 bits per heavy atom. The number of likely N-dealkylation sites (tertiary alicyclic amines) is 1. The maximum atomic E-state index is 13.9. The van der Waals surface area contributed by atoms with Gasteiger partial charge in [0.15, 0.2) is 11.2 Å². The Labute approximate surface area is 593 Å². The van der Waals surface area contributed by atoms with Crippen molar-refractivity contribution >= 4 is 139 Å². The molecule has 2 aliphatic heterocycles. The zero-order chi connectivity index (χ0) is 72.9. The first-order valence-corrected chi connectivity index (χ1v) is 34.6. The van der Waals surface area contributed by atoms with E-state index in [9.17, 15) is 53.1 Å². The smallest absolute Gasteiger partial charge is 0.373 e. The van der Waals surface area contributed by atoms with Crippen LogP contribution in [0.5, 0.6) is 5.75 Å². The van der Waals surface area contributed by atoms with Gasteiger partial charge in [0.2, 0.25) is 29.6 Å². The van der Waals surface area contributed by atoms with Gasteiger partial charge in [-0.25, -0.2) is 14.8 Å². The molecular weight excluding hydrogens is 1350 g/mol. The third-order valence-corrected chi connectivity index (χ3v) is 19.9. The quantitative estimate of drug-likeness (QED) is 0.0103. The topological polar surface area (TPSA) is 394 Å². The van der Waals surface area contributed by atoms with Crippen molar-refractivity contribution in [3.63, 3.8) is 0 Å². The molecule has 530 valence electrons. The van der Waals surface area contributed by atoms with Crippen molar-refractivity contribution in [3.05, 3.63) is 164 Å². The Morgan fingerprint density at radius 1 is 0.912 bits per heavy atom. The fraction of sp³-hybridized carbons (Fsp3) is 0.342. The minimum Gasteiger partial charge on any atom is -0.480 e. The summed E-state index contributed by atoms with van der Waals surface area (Å²) in [6, 6.07) is 28.7. The Balaban J connectivity index is 0.000000217. The highest BCUT2D eigenvalue weighted by Gasteiger charge is 2.41. The lowest BCUT2D eigenvalue weighted by Gasteiger charge is -2.37. The predicted octanol–water partition coefficient (Wildman–Crippen LogP) is 7.26. The van der Waals surface area contributed by atoms with E-state index < -0.39 is 46.2 Å². The van der Waals surface area contributed by atoms with Crippen molar-refractivity contribution in [2.45, 2.75) is 108 Å². The molecule has 102 heavy (non-hydrogen) atoms. The third kappa shape index (κ3) is 17.8. The number of imide groups is 1. The van der Waals surface area contributed by atoms with E-state index >= 15 is 0 Å². The van der Waals surface area contributed by atoms with Crippen molar-refractivity contribution in [2.75, 3.05) is 60.9 Å². The largest absolute Gasteiger partial charge is 0.480 e. The van der Waals surface area contributed by atoms with E-state index in [-0.39, 0.29) is 109 Å². The lowest BCUT2D eigenvalue weighted by molar-refractivity contribution is -0.192. The molecule has 2 fully saturated rings. The molecule has 0 bridgehead atoms. The van der Waals surface area contributed by atoms with E-state index in [1.165, 1.54) is 13.1 Å². The Kier molecular flexibility index (Phi) is 23.9. The molecule has 5 aromatic carbocycles. The molecule has 2 unspecified atom stereocenters. The molecule has 2 aliphatic carbocycles. The summed E-state index contributed by atoms with van der Waals surface area (Å²) >= 11 is 7.42. The van der Waals surface area contributed by atoms with Crippen LogP contribution in [0.3, 0.4) is 0 Å². The van der Waals surface area contributed by atoms with Crippen molar-refractivity contribution < 1.29 is 67.3 Å². The summed E-state index contributed by atoms with van der Waals surface area (Å²) in [6.07, 6.45) is 8.32. The van der Waals surface area contributed by atoms with Gasteiger partial charge in [-0.15, -0.1) is 23.4 Å². The monoisotopic (exact) mass is 1430 g/mol. The normalized spacial score (nSPS) is 17.6. The number of nitrogens with zero attached hydrogens (tertiary/aromatic N) is 5. The van der Waals surface area contributed by atoms with Gasteiger partial charge >= 0.3 is 18.1 Å². The van der Waals surface area contributed by atoms with Crippen LogP contribution >= 0.6 is 23.4 Å². The number of hydrogen-bond acceptors (Lipinski definition) is 19. The number of nitrogens with two attached hydrogens (primary N) is 1. The van der Waals surface area contributed by atoms with Crippen molar-refractivity contribution in [3.8, 4) is 5.75 Å². The number of carboxylic acids is 1. The lowest BCUT2D eigenvalue weighted by Crippen LogP contribution is -2.43. The lowest BCUT2D eigenvalue weighted by atomic mass is 9.79. The maximum Gasteiger partial charge on any atom is 0.373 e. The first-order chi connectivity index (χ1) is 48.9. The highest BCUT2D eigenvalue weighted by Crippen LogP contribution is 2.46. The van der Waals surface area contributed by atoms with Gasteiger partial charge in [-0.3, -0.25) is 53.0 Å². The summed E-state index contributed by atoms with van der Waals surface area (Å²) in [4.78, 5) is 163. The molecule has 3 aromatic heterocycles.